The Balaban J connectivity index is 1.39. The average Bonchev–Trinajstić information content (AvgIpc) is 3.55. The van der Waals surface area contributed by atoms with E-state index in [0.29, 0.717) is 5.56 Å². The smallest absolute Gasteiger partial charge is 0.338 e. The Kier molecular flexibility index (Phi) is 21.7. The molecular weight excluding hydrogens is 1100 g/mol. The molecule has 0 amide bonds. The minimum absolute atomic E-state index is 0.00475. The van der Waals surface area contributed by atoms with Gasteiger partial charge in [-0.05, 0) is 59.7 Å². The van der Waals surface area contributed by atoms with Crippen LogP contribution >= 0.6 is 0 Å². The van der Waals surface area contributed by atoms with Crippen molar-refractivity contribution in [3.63, 3.8) is 0 Å². The summed E-state index contributed by atoms with van der Waals surface area (Å²) in [6.07, 6.45) is -33.5. The van der Waals surface area contributed by atoms with E-state index in [2.05, 4.69) is 0 Å². The van der Waals surface area contributed by atoms with E-state index in [0.717, 1.165) is 19.1 Å². The summed E-state index contributed by atoms with van der Waals surface area (Å²) >= 11 is 0. The van der Waals surface area contributed by atoms with Crippen molar-refractivity contribution in [3.05, 3.63) is 95.6 Å². The van der Waals surface area contributed by atoms with Gasteiger partial charge in [0.15, 0.2) is 54.1 Å². The zero-order chi connectivity index (χ0) is 59.6. The number of rotatable bonds is 22. The number of hydrogen-bond donors (Lipinski definition) is 12. The monoisotopic (exact) mass is 1160 g/mol. The Morgan fingerprint density at radius 3 is 1.59 bits per heavy atom. The van der Waals surface area contributed by atoms with Crippen LogP contribution in [0.4, 0.5) is 0 Å². The van der Waals surface area contributed by atoms with E-state index in [-0.39, 0.29) is 34.1 Å². The number of aromatic hydroxyl groups is 2. The summed E-state index contributed by atoms with van der Waals surface area (Å²) in [6, 6.07) is 15.2. The van der Waals surface area contributed by atoms with Crippen molar-refractivity contribution in [3.8, 4) is 23.0 Å². The molecule has 0 unspecified atom stereocenters. The van der Waals surface area contributed by atoms with Gasteiger partial charge in [0.25, 0.3) is 0 Å². The normalized spacial score (nSPS) is 33.9. The maximum absolute atomic E-state index is 14.1. The molecule has 4 heterocycles. The van der Waals surface area contributed by atoms with Crippen molar-refractivity contribution < 1.29 is 142 Å². The highest BCUT2D eigenvalue weighted by atomic mass is 16.8. The van der Waals surface area contributed by atoms with Gasteiger partial charge in [-0.25, -0.2) is 14.4 Å². The van der Waals surface area contributed by atoms with Gasteiger partial charge in [0, 0.05) is 19.1 Å². The summed E-state index contributed by atoms with van der Waals surface area (Å²) < 4.78 is 76.3. The summed E-state index contributed by atoms with van der Waals surface area (Å²) in [6.45, 7) is -4.28. The summed E-state index contributed by atoms with van der Waals surface area (Å²) in [5, 5.41) is 130. The van der Waals surface area contributed by atoms with E-state index < -0.39 is 173 Å². The van der Waals surface area contributed by atoms with Crippen LogP contribution in [0.15, 0.2) is 78.9 Å². The van der Waals surface area contributed by atoms with Gasteiger partial charge in [0.1, 0.15) is 92.6 Å². The van der Waals surface area contributed by atoms with Crippen LogP contribution in [0, 0.1) is 0 Å². The molecule has 82 heavy (non-hydrogen) atoms. The number of hydrogen-bond acceptors (Lipinski definition) is 29. The number of esters is 4. The lowest BCUT2D eigenvalue weighted by atomic mass is 9.95. The van der Waals surface area contributed by atoms with Gasteiger partial charge < -0.3 is 123 Å². The lowest BCUT2D eigenvalue weighted by molar-refractivity contribution is -0.421. The third-order valence-electron chi connectivity index (χ3n) is 13.4. The van der Waals surface area contributed by atoms with Crippen molar-refractivity contribution >= 4 is 36.0 Å². The average molecular weight is 1170 g/mol. The van der Waals surface area contributed by atoms with Crippen LogP contribution in [0.5, 0.6) is 23.0 Å². The lowest BCUT2D eigenvalue weighted by Crippen LogP contribution is -2.69. The minimum Gasteiger partial charge on any atom is -0.504 e. The van der Waals surface area contributed by atoms with E-state index >= 15 is 0 Å². The molecule has 4 aliphatic heterocycles. The summed E-state index contributed by atoms with van der Waals surface area (Å²) in [5.41, 5.74) is 0.453. The molecule has 4 fully saturated rings. The Bertz CT molecular complexity index is 2690. The lowest BCUT2D eigenvalue weighted by Gasteiger charge is -2.50. The topological polar surface area (TPSA) is 431 Å². The third kappa shape index (κ3) is 14.6. The van der Waals surface area contributed by atoms with Gasteiger partial charge in [0.05, 0.1) is 39.6 Å². The SMILES string of the molecule is COc1cc(C=CC(=O)OC[C@@]2(O[C@H]3O[C@H](COC(C)=O)[C@@H](OC(=O)C=Cc4ccc(O)c(OC)c4)[C@H](O[C@@H]4O[C@H](CO)[C@@H](O)[C@H](O)[C@H]4O)[C@H]3O[C@@H]3O[C@H](CO)[C@@H](O)[C@H](O)[C@H]3O)O[C@H](CO)[C@@H](O)[C@@H]2OC(=O)c2ccccc2)ccc1O. The van der Waals surface area contributed by atoms with Crippen molar-refractivity contribution in [2.75, 3.05) is 47.3 Å². The molecule has 4 saturated heterocycles. The molecule has 29 heteroatoms. The first-order chi connectivity index (χ1) is 39.1. The van der Waals surface area contributed by atoms with Crippen LogP contribution in [0.3, 0.4) is 0 Å². The second kappa shape index (κ2) is 28.2. The quantitative estimate of drug-likeness (QED) is 0.0266. The molecule has 7 rings (SSSR count). The van der Waals surface area contributed by atoms with E-state index in [1.54, 1.807) is 6.07 Å². The molecule has 0 aromatic heterocycles. The maximum atomic E-state index is 14.1. The van der Waals surface area contributed by atoms with Gasteiger partial charge in [-0.1, -0.05) is 30.3 Å². The highest BCUT2D eigenvalue weighted by Crippen LogP contribution is 2.42. The zero-order valence-electron chi connectivity index (χ0n) is 43.9. The fourth-order valence-electron chi connectivity index (χ4n) is 9.09. The molecule has 0 spiro atoms. The van der Waals surface area contributed by atoms with Crippen molar-refractivity contribution in [1.82, 2.24) is 0 Å². The number of phenolic OH excluding ortho intramolecular Hbond substituents is 2. The molecule has 0 aliphatic carbocycles. The zero-order valence-corrected chi connectivity index (χ0v) is 43.9. The van der Waals surface area contributed by atoms with Gasteiger partial charge in [-0.3, -0.25) is 4.79 Å². The maximum Gasteiger partial charge on any atom is 0.338 e. The summed E-state index contributed by atoms with van der Waals surface area (Å²) in [5.74, 6) is -7.94. The predicted molar refractivity (Wildman–Crippen MR) is 268 cm³/mol. The molecular formula is C53H64O29. The van der Waals surface area contributed by atoms with E-state index in [4.69, 9.17) is 61.6 Å². The number of aliphatic hydroxyl groups is 10. The predicted octanol–water partition coefficient (Wildman–Crippen LogP) is -3.35. The molecule has 450 valence electrons. The van der Waals surface area contributed by atoms with Crippen LogP contribution in [0.1, 0.15) is 28.4 Å². The number of ether oxygens (including phenoxy) is 13. The Morgan fingerprint density at radius 2 is 1.07 bits per heavy atom. The number of aliphatic hydroxyl groups excluding tert-OH is 10. The molecule has 12 N–H and O–H groups in total. The highest BCUT2D eigenvalue weighted by molar-refractivity contribution is 5.90. The third-order valence-corrected chi connectivity index (χ3v) is 13.4. The first-order valence-electron chi connectivity index (χ1n) is 25.2. The first-order valence-corrected chi connectivity index (χ1v) is 25.2. The van der Waals surface area contributed by atoms with Crippen molar-refractivity contribution in [1.29, 1.82) is 0 Å². The molecule has 0 radical (unpaired) electrons. The second-order valence-electron chi connectivity index (χ2n) is 18.9. The molecule has 0 saturated carbocycles. The van der Waals surface area contributed by atoms with E-state index in [1.165, 1.54) is 87.0 Å². The number of benzene rings is 3. The number of carbonyl (C=O) groups excluding carboxylic acids is 4. The van der Waals surface area contributed by atoms with Gasteiger partial charge in [-0.15, -0.1) is 0 Å². The van der Waals surface area contributed by atoms with Crippen LogP contribution < -0.4 is 9.47 Å². The van der Waals surface area contributed by atoms with Crippen LogP contribution in [-0.2, 0) is 66.5 Å². The minimum atomic E-state index is -2.93. The van der Waals surface area contributed by atoms with Crippen LogP contribution in [0.25, 0.3) is 12.2 Å². The van der Waals surface area contributed by atoms with Crippen LogP contribution in [-0.4, -0.2) is 249 Å². The van der Waals surface area contributed by atoms with Gasteiger partial charge in [-0.2, -0.15) is 0 Å². The fraction of sp³-hybridized carbons (Fsp3) is 0.509. The molecule has 4 aliphatic rings. The molecule has 3 aromatic rings. The Hall–Kier alpha value is -6.46. The highest BCUT2D eigenvalue weighted by Gasteiger charge is 2.64. The van der Waals surface area contributed by atoms with Gasteiger partial charge in [0.2, 0.25) is 5.79 Å². The molecule has 3 aromatic carbocycles. The number of methoxy groups -OCH3 is 2. The standard InChI is InChI=1S/C53H64O29/c1-24(57)72-22-35-45(77-37(61)16-12-26-10-14-29(59)31(18-26)71-3)46(78-50-43(67)41(65)38(62)32(19-54)74-50)47(79-51-44(68)42(66)39(63)33(20-55)75-51)52(76-35)82-53(23-73-36(60)15-11-25-9-13-28(58)30(17-25)70-2)48(40(64)34(21-56)81-53)80-49(69)27-7-5-4-6-8-27/h4-18,32-35,38-48,50-52,54-56,58-59,62-68H,19-23H2,1-3H3/t32-,33-,34-,35-,38-,39-,40-,41+,42+,43-,44-,45-,46+,47-,48+,50+,51+,52-,53+/m1/s1. The molecule has 29 nitrogen and oxygen atoms in total. The molecule has 0 bridgehead atoms. The number of carbonyl (C=O) groups is 4. The van der Waals surface area contributed by atoms with E-state index in [1.807, 2.05) is 0 Å². The first kappa shape index (κ1) is 63.1. The Morgan fingerprint density at radius 1 is 0.561 bits per heavy atom. The Labute approximate surface area is 466 Å². The number of phenols is 2. The summed E-state index contributed by atoms with van der Waals surface area (Å²) in [4.78, 5) is 54.4. The molecule has 19 atom stereocenters. The van der Waals surface area contributed by atoms with Crippen molar-refractivity contribution in [2.24, 2.45) is 0 Å². The van der Waals surface area contributed by atoms with Gasteiger partial charge >= 0.3 is 23.9 Å². The fourth-order valence-corrected chi connectivity index (χ4v) is 9.09. The second-order valence-corrected chi connectivity index (χ2v) is 18.9. The van der Waals surface area contributed by atoms with Crippen molar-refractivity contribution in [2.45, 2.75) is 123 Å². The van der Waals surface area contributed by atoms with Crippen LogP contribution in [0.2, 0.25) is 0 Å². The summed E-state index contributed by atoms with van der Waals surface area (Å²) in [7, 11) is 2.56. The largest absolute Gasteiger partial charge is 0.504 e. The van der Waals surface area contributed by atoms with E-state index in [9.17, 15) is 80.5 Å².